The summed E-state index contributed by atoms with van der Waals surface area (Å²) in [6.07, 6.45) is 1.82. The molecule has 1 N–H and O–H groups in total. The number of nitrogens with one attached hydrogen (secondary N) is 1. The van der Waals surface area contributed by atoms with Gasteiger partial charge in [-0.05, 0) is 38.5 Å². The van der Waals surface area contributed by atoms with Crippen LogP contribution < -0.4 is 10.3 Å². The molecule has 3 aromatic rings. The summed E-state index contributed by atoms with van der Waals surface area (Å²) in [7, 11) is 0. The van der Waals surface area contributed by atoms with E-state index in [1.165, 1.54) is 11.3 Å². The van der Waals surface area contributed by atoms with Gasteiger partial charge in [-0.25, -0.2) is 4.98 Å². The molecule has 0 unspecified atom stereocenters. The maximum atomic E-state index is 4.59. The zero-order valence-corrected chi connectivity index (χ0v) is 16.3. The van der Waals surface area contributed by atoms with Gasteiger partial charge in [0.05, 0.1) is 11.9 Å². The third kappa shape index (κ3) is 4.49. The molecule has 0 fully saturated rings. The molecule has 0 saturated heterocycles. The highest BCUT2D eigenvalue weighted by atomic mass is 32.1. The molecule has 0 aliphatic rings. The molecule has 3 rings (SSSR count). The fraction of sp³-hybridized carbons (Fsp3) is 0.238. The van der Waals surface area contributed by atoms with Crippen LogP contribution in [0, 0.1) is 6.92 Å². The van der Waals surface area contributed by atoms with Crippen LogP contribution in [0.5, 0.6) is 0 Å². The molecule has 0 aliphatic heterocycles. The predicted molar refractivity (Wildman–Crippen MR) is 114 cm³/mol. The summed E-state index contributed by atoms with van der Waals surface area (Å²) in [4.78, 5) is 6.91. The molecule has 0 amide bonds. The molecule has 26 heavy (non-hydrogen) atoms. The molecule has 0 aliphatic carbocycles. The Balaban J connectivity index is 1.61. The first-order chi connectivity index (χ1) is 12.7. The highest BCUT2D eigenvalue weighted by Crippen LogP contribution is 2.25. The second-order valence-electron chi connectivity index (χ2n) is 6.04. The Hall–Kier alpha value is -2.66. The second kappa shape index (κ2) is 8.63. The largest absolute Gasteiger partial charge is 0.372 e. The van der Waals surface area contributed by atoms with E-state index >= 15 is 0 Å². The van der Waals surface area contributed by atoms with Crippen LogP contribution in [0.4, 0.5) is 10.8 Å². The van der Waals surface area contributed by atoms with Gasteiger partial charge in [0, 0.05) is 29.7 Å². The van der Waals surface area contributed by atoms with Gasteiger partial charge in [-0.3, -0.25) is 5.43 Å². The zero-order valence-electron chi connectivity index (χ0n) is 15.4. The number of thiazole rings is 1. The lowest BCUT2D eigenvalue weighted by molar-refractivity contribution is 0.866. The van der Waals surface area contributed by atoms with Crippen molar-refractivity contribution in [3.05, 3.63) is 65.0 Å². The SMILES string of the molecule is CCN(CC)c1ccc(C=NNc2nc(-c3ccc(C)cc3)cs2)cc1. The standard InChI is InChI=1S/C21H24N4S/c1-4-25(5-2)19-12-8-17(9-13-19)14-22-24-21-23-20(15-26-21)18-10-6-16(3)7-11-18/h6-15H,4-5H2,1-3H3,(H,23,24). The number of rotatable bonds is 7. The molecule has 2 aromatic carbocycles. The molecule has 0 spiro atoms. The number of benzene rings is 2. The van der Waals surface area contributed by atoms with Crippen molar-refractivity contribution in [3.8, 4) is 11.3 Å². The first-order valence-corrected chi connectivity index (χ1v) is 9.74. The van der Waals surface area contributed by atoms with E-state index in [1.54, 1.807) is 11.3 Å². The number of hydrogen-bond acceptors (Lipinski definition) is 5. The van der Waals surface area contributed by atoms with Crippen molar-refractivity contribution in [1.82, 2.24) is 4.98 Å². The fourth-order valence-corrected chi connectivity index (χ4v) is 3.37. The maximum absolute atomic E-state index is 4.59. The molecule has 134 valence electrons. The summed E-state index contributed by atoms with van der Waals surface area (Å²) >= 11 is 1.55. The van der Waals surface area contributed by atoms with Crippen molar-refractivity contribution in [3.63, 3.8) is 0 Å². The molecule has 5 heteroatoms. The Labute approximate surface area is 159 Å². The van der Waals surface area contributed by atoms with E-state index in [2.05, 4.69) is 89.7 Å². The van der Waals surface area contributed by atoms with Gasteiger partial charge in [0.1, 0.15) is 0 Å². The quantitative estimate of drug-likeness (QED) is 0.450. The van der Waals surface area contributed by atoms with E-state index in [9.17, 15) is 0 Å². The molecule has 4 nitrogen and oxygen atoms in total. The van der Waals surface area contributed by atoms with Crippen LogP contribution in [0.25, 0.3) is 11.3 Å². The first kappa shape index (κ1) is 18.1. The van der Waals surface area contributed by atoms with E-state index in [-0.39, 0.29) is 0 Å². The van der Waals surface area contributed by atoms with E-state index in [4.69, 9.17) is 0 Å². The summed E-state index contributed by atoms with van der Waals surface area (Å²) in [5.41, 5.74) is 8.66. The van der Waals surface area contributed by atoms with Crippen LogP contribution in [0.3, 0.4) is 0 Å². The summed E-state index contributed by atoms with van der Waals surface area (Å²) in [6, 6.07) is 16.8. The van der Waals surface area contributed by atoms with E-state index in [0.29, 0.717) is 0 Å². The monoisotopic (exact) mass is 364 g/mol. The Bertz CT molecular complexity index is 846. The van der Waals surface area contributed by atoms with E-state index in [0.717, 1.165) is 35.0 Å². The van der Waals surface area contributed by atoms with Gasteiger partial charge in [-0.15, -0.1) is 11.3 Å². The third-order valence-electron chi connectivity index (χ3n) is 4.25. The van der Waals surface area contributed by atoms with Gasteiger partial charge in [0.2, 0.25) is 5.13 Å². The highest BCUT2D eigenvalue weighted by molar-refractivity contribution is 7.14. The molecule has 0 saturated carbocycles. The second-order valence-corrected chi connectivity index (χ2v) is 6.90. The normalized spacial score (nSPS) is 11.0. The lowest BCUT2D eigenvalue weighted by atomic mass is 10.1. The molecule has 1 aromatic heterocycles. The number of anilines is 2. The molecule has 0 atom stereocenters. The Morgan fingerprint density at radius 2 is 1.73 bits per heavy atom. The van der Waals surface area contributed by atoms with Gasteiger partial charge in [0.25, 0.3) is 0 Å². The van der Waals surface area contributed by atoms with Crippen molar-refractivity contribution < 1.29 is 0 Å². The van der Waals surface area contributed by atoms with Crippen molar-refractivity contribution in [2.24, 2.45) is 5.10 Å². The topological polar surface area (TPSA) is 40.5 Å². The molecule has 1 heterocycles. The van der Waals surface area contributed by atoms with Gasteiger partial charge in [-0.1, -0.05) is 42.0 Å². The summed E-state index contributed by atoms with van der Waals surface area (Å²) < 4.78 is 0. The number of hydrazone groups is 1. The van der Waals surface area contributed by atoms with Gasteiger partial charge in [0.15, 0.2) is 0 Å². The van der Waals surface area contributed by atoms with E-state index in [1.807, 2.05) is 11.6 Å². The van der Waals surface area contributed by atoms with Gasteiger partial charge in [-0.2, -0.15) is 5.10 Å². The smallest absolute Gasteiger partial charge is 0.203 e. The minimum atomic E-state index is 0.789. The van der Waals surface area contributed by atoms with Crippen LogP contribution in [0.1, 0.15) is 25.0 Å². The fourth-order valence-electron chi connectivity index (χ4n) is 2.70. The van der Waals surface area contributed by atoms with Crippen molar-refractivity contribution in [2.75, 3.05) is 23.4 Å². The van der Waals surface area contributed by atoms with Crippen LogP contribution in [0.15, 0.2) is 59.0 Å². The number of nitrogens with zero attached hydrogens (tertiary/aromatic N) is 3. The van der Waals surface area contributed by atoms with Gasteiger partial charge >= 0.3 is 0 Å². The predicted octanol–water partition coefficient (Wildman–Crippen LogP) is 5.41. The lowest BCUT2D eigenvalue weighted by Gasteiger charge is -2.20. The summed E-state index contributed by atoms with van der Waals surface area (Å²) in [5, 5.41) is 7.14. The maximum Gasteiger partial charge on any atom is 0.203 e. The zero-order chi connectivity index (χ0) is 18.4. The van der Waals surface area contributed by atoms with Crippen molar-refractivity contribution in [1.29, 1.82) is 0 Å². The third-order valence-corrected chi connectivity index (χ3v) is 4.99. The van der Waals surface area contributed by atoms with Crippen LogP contribution in [-0.4, -0.2) is 24.3 Å². The van der Waals surface area contributed by atoms with Crippen molar-refractivity contribution >= 4 is 28.4 Å². The Morgan fingerprint density at radius 1 is 1.04 bits per heavy atom. The average Bonchev–Trinajstić information content (AvgIpc) is 3.13. The van der Waals surface area contributed by atoms with Crippen LogP contribution >= 0.6 is 11.3 Å². The van der Waals surface area contributed by atoms with Gasteiger partial charge < -0.3 is 4.90 Å². The number of aryl methyl sites for hydroxylation is 1. The number of hydrogen-bond donors (Lipinski definition) is 1. The highest BCUT2D eigenvalue weighted by Gasteiger charge is 2.04. The minimum absolute atomic E-state index is 0.789. The summed E-state index contributed by atoms with van der Waals surface area (Å²) in [6.45, 7) is 8.45. The number of aromatic nitrogens is 1. The summed E-state index contributed by atoms with van der Waals surface area (Å²) in [5.74, 6) is 0. The lowest BCUT2D eigenvalue weighted by Crippen LogP contribution is -2.21. The van der Waals surface area contributed by atoms with Crippen molar-refractivity contribution in [2.45, 2.75) is 20.8 Å². The molecular formula is C21H24N4S. The van der Waals surface area contributed by atoms with Crippen LogP contribution in [-0.2, 0) is 0 Å². The molecule has 0 radical (unpaired) electrons. The Morgan fingerprint density at radius 3 is 2.38 bits per heavy atom. The van der Waals surface area contributed by atoms with E-state index < -0.39 is 0 Å². The van der Waals surface area contributed by atoms with Crippen LogP contribution in [0.2, 0.25) is 0 Å². The molecular weight excluding hydrogens is 340 g/mol. The average molecular weight is 365 g/mol. The first-order valence-electron chi connectivity index (χ1n) is 8.86. The minimum Gasteiger partial charge on any atom is -0.372 e. The molecule has 0 bridgehead atoms. The Kier molecular flexibility index (Phi) is 6.02.